The van der Waals surface area contributed by atoms with Crippen LogP contribution in [-0.4, -0.2) is 31.9 Å². The van der Waals surface area contributed by atoms with Crippen molar-refractivity contribution in [3.63, 3.8) is 0 Å². The van der Waals surface area contributed by atoms with Gasteiger partial charge in [-0.25, -0.2) is 4.79 Å². The van der Waals surface area contributed by atoms with E-state index in [0.717, 1.165) is 17.2 Å². The minimum Gasteiger partial charge on any atom is -0.450 e. The third-order valence-electron chi connectivity index (χ3n) is 2.89. The molecule has 0 aliphatic heterocycles. The minimum absolute atomic E-state index is 0.242. The second-order valence-electron chi connectivity index (χ2n) is 4.24. The zero-order valence-corrected chi connectivity index (χ0v) is 11.2. The summed E-state index contributed by atoms with van der Waals surface area (Å²) >= 11 is 0. The number of carboxylic acid groups (broad SMARTS) is 2. The molecule has 9 nitrogen and oxygen atoms in total. The van der Waals surface area contributed by atoms with Crippen LogP contribution in [0.3, 0.4) is 0 Å². The zero-order chi connectivity index (χ0) is 16.8. The van der Waals surface area contributed by atoms with E-state index >= 15 is 0 Å². The number of hydrogen-bond acceptors (Lipinski definition) is 5. The largest absolute Gasteiger partial charge is 0.503 e. The molecule has 1 aliphatic carbocycles. The van der Waals surface area contributed by atoms with E-state index in [1.165, 1.54) is 12.2 Å². The van der Waals surface area contributed by atoms with Gasteiger partial charge in [0.25, 0.3) is 0 Å². The first-order chi connectivity index (χ1) is 10.3. The summed E-state index contributed by atoms with van der Waals surface area (Å²) in [6, 6.07) is 9.23. The van der Waals surface area contributed by atoms with Gasteiger partial charge in [-0.3, -0.25) is 20.2 Å². The average molecular weight is 308 g/mol. The number of nitro groups is 2. The van der Waals surface area contributed by atoms with Gasteiger partial charge in [0.1, 0.15) is 16.3 Å². The van der Waals surface area contributed by atoms with Crippen molar-refractivity contribution in [2.45, 2.75) is 12.1 Å². The maximum Gasteiger partial charge on any atom is 0.503 e. The number of benzene rings is 1. The van der Waals surface area contributed by atoms with Gasteiger partial charge in [-0.1, -0.05) is 36.4 Å². The van der Waals surface area contributed by atoms with Gasteiger partial charge in [0.2, 0.25) is 0 Å². The van der Waals surface area contributed by atoms with Gasteiger partial charge in [-0.2, -0.15) is 0 Å². The van der Waals surface area contributed by atoms with Crippen LogP contribution < -0.4 is 0 Å². The summed E-state index contributed by atoms with van der Waals surface area (Å²) in [4.78, 5) is 28.5. The Hall–Kier alpha value is -3.23. The quantitative estimate of drug-likeness (QED) is 0.495. The normalized spacial score (nSPS) is 15.0. The monoisotopic (exact) mass is 308 g/mol. The fourth-order valence-corrected chi connectivity index (χ4v) is 1.80. The average Bonchev–Trinajstić information content (AvgIpc) is 2.47. The standard InChI is InChI=1S/C12H10N2O4.CH2O3/c15-13(16)12(14(17)18)8-6-11(7-9-12)10-4-2-1-3-5-10;2-1(3)4/h1-8H,9H2;(H2,2,3,4). The van der Waals surface area contributed by atoms with Gasteiger partial charge in [0, 0.05) is 0 Å². The van der Waals surface area contributed by atoms with Crippen molar-refractivity contribution in [1.82, 2.24) is 0 Å². The SMILES string of the molecule is O=C(O)O.O=[N+]([O-])C1([N+](=O)[O-])C=CC(c2ccccc2)=CC1. The van der Waals surface area contributed by atoms with Crippen LogP contribution in [0.2, 0.25) is 0 Å². The Labute approximate surface area is 124 Å². The van der Waals surface area contributed by atoms with Crippen molar-refractivity contribution in [3.05, 3.63) is 74.4 Å². The van der Waals surface area contributed by atoms with E-state index in [4.69, 9.17) is 15.0 Å². The molecule has 0 fully saturated rings. The van der Waals surface area contributed by atoms with Gasteiger partial charge in [0.05, 0.1) is 6.08 Å². The molecule has 0 radical (unpaired) electrons. The first kappa shape index (κ1) is 16.8. The lowest BCUT2D eigenvalue weighted by atomic mass is 9.94. The third-order valence-corrected chi connectivity index (χ3v) is 2.89. The van der Waals surface area contributed by atoms with Gasteiger partial charge in [-0.15, -0.1) is 0 Å². The lowest BCUT2D eigenvalue weighted by Gasteiger charge is -2.16. The molecule has 0 atom stereocenters. The second-order valence-corrected chi connectivity index (χ2v) is 4.24. The third kappa shape index (κ3) is 3.88. The summed E-state index contributed by atoms with van der Waals surface area (Å²) in [5.41, 5.74) is -0.581. The van der Waals surface area contributed by atoms with Crippen LogP contribution in [-0.2, 0) is 0 Å². The smallest absolute Gasteiger partial charge is 0.450 e. The molecule has 1 aromatic rings. The summed E-state index contributed by atoms with van der Waals surface area (Å²) < 4.78 is 0. The molecule has 0 amide bonds. The topological polar surface area (TPSA) is 144 Å². The summed E-state index contributed by atoms with van der Waals surface area (Å²) in [6.45, 7) is 0. The number of rotatable bonds is 3. The molecule has 1 aromatic carbocycles. The van der Waals surface area contributed by atoms with Crippen LogP contribution in [0.4, 0.5) is 4.79 Å². The van der Waals surface area contributed by atoms with Crippen LogP contribution in [0, 0.1) is 20.2 Å². The molecule has 116 valence electrons. The predicted octanol–water partition coefficient (Wildman–Crippen LogP) is 2.50. The molecule has 0 bridgehead atoms. The maximum atomic E-state index is 10.8. The lowest BCUT2D eigenvalue weighted by molar-refractivity contribution is -0.780. The van der Waals surface area contributed by atoms with Crippen LogP contribution in [0.1, 0.15) is 12.0 Å². The van der Waals surface area contributed by atoms with Gasteiger partial charge in [-0.05, 0) is 17.2 Å². The van der Waals surface area contributed by atoms with E-state index < -0.39 is 21.7 Å². The molecule has 2 N–H and O–H groups in total. The Morgan fingerprint density at radius 1 is 1.09 bits per heavy atom. The second kappa shape index (κ2) is 6.97. The first-order valence-corrected chi connectivity index (χ1v) is 5.95. The molecule has 9 heteroatoms. The molecule has 0 spiro atoms. The Morgan fingerprint density at radius 3 is 1.95 bits per heavy atom. The molecule has 0 aromatic heterocycles. The van der Waals surface area contributed by atoms with E-state index in [-0.39, 0.29) is 6.42 Å². The van der Waals surface area contributed by atoms with Crippen LogP contribution in [0.15, 0.2) is 48.6 Å². The van der Waals surface area contributed by atoms with Crippen molar-refractivity contribution in [1.29, 1.82) is 0 Å². The highest BCUT2D eigenvalue weighted by molar-refractivity contribution is 5.75. The first-order valence-electron chi connectivity index (χ1n) is 5.95. The van der Waals surface area contributed by atoms with Crippen LogP contribution in [0.25, 0.3) is 5.57 Å². The summed E-state index contributed by atoms with van der Waals surface area (Å²) in [5, 5.41) is 35.6. The van der Waals surface area contributed by atoms with Crippen molar-refractivity contribution < 1.29 is 24.9 Å². The Balaban J connectivity index is 0.000000541. The maximum absolute atomic E-state index is 10.8. The van der Waals surface area contributed by atoms with Crippen LogP contribution in [0.5, 0.6) is 0 Å². The molecule has 0 saturated carbocycles. The zero-order valence-electron chi connectivity index (χ0n) is 11.2. The lowest BCUT2D eigenvalue weighted by Crippen LogP contribution is -2.44. The van der Waals surface area contributed by atoms with Gasteiger partial charge in [0.15, 0.2) is 0 Å². The van der Waals surface area contributed by atoms with E-state index in [2.05, 4.69) is 0 Å². The molecular formula is C13H12N2O7. The summed E-state index contributed by atoms with van der Waals surface area (Å²) in [6.07, 6.45) is 1.94. The fourth-order valence-electron chi connectivity index (χ4n) is 1.80. The number of carbonyl (C=O) groups is 1. The van der Waals surface area contributed by atoms with Gasteiger partial charge >= 0.3 is 11.8 Å². The van der Waals surface area contributed by atoms with Crippen molar-refractivity contribution >= 4 is 11.7 Å². The predicted molar refractivity (Wildman–Crippen MR) is 75.5 cm³/mol. The number of allylic oxidation sites excluding steroid dienone is 2. The Morgan fingerprint density at radius 2 is 1.59 bits per heavy atom. The van der Waals surface area contributed by atoms with Gasteiger partial charge < -0.3 is 10.2 Å². The Kier molecular flexibility index (Phi) is 5.33. The van der Waals surface area contributed by atoms with E-state index in [0.29, 0.717) is 0 Å². The van der Waals surface area contributed by atoms with E-state index in [1.54, 1.807) is 0 Å². The minimum atomic E-state index is -2.22. The number of nitrogens with zero attached hydrogens (tertiary/aromatic N) is 2. The summed E-state index contributed by atoms with van der Waals surface area (Å²) in [7, 11) is 0. The molecule has 0 unspecified atom stereocenters. The highest BCUT2D eigenvalue weighted by Gasteiger charge is 2.53. The molecule has 2 rings (SSSR count). The molecular weight excluding hydrogens is 296 g/mol. The van der Waals surface area contributed by atoms with Crippen molar-refractivity contribution in [2.24, 2.45) is 0 Å². The highest BCUT2D eigenvalue weighted by atomic mass is 16.7. The molecule has 1 aliphatic rings. The van der Waals surface area contributed by atoms with Crippen molar-refractivity contribution in [2.75, 3.05) is 0 Å². The van der Waals surface area contributed by atoms with E-state index in [9.17, 15) is 20.2 Å². The van der Waals surface area contributed by atoms with E-state index in [1.807, 2.05) is 30.3 Å². The number of hydrogen-bond donors (Lipinski definition) is 2. The molecule has 0 heterocycles. The fraction of sp³-hybridized carbons (Fsp3) is 0.154. The van der Waals surface area contributed by atoms with Crippen LogP contribution >= 0.6 is 0 Å². The molecule has 0 saturated heterocycles. The van der Waals surface area contributed by atoms with Crippen molar-refractivity contribution in [3.8, 4) is 0 Å². The Bertz CT molecular complexity index is 619. The highest BCUT2D eigenvalue weighted by Crippen LogP contribution is 2.29. The summed E-state index contributed by atoms with van der Waals surface area (Å²) in [5.74, 6) is 0. The molecule has 22 heavy (non-hydrogen) atoms.